The molecule has 19 heavy (non-hydrogen) atoms. The van der Waals surface area contributed by atoms with Crippen LogP contribution in [0.4, 0.5) is 5.69 Å². The first kappa shape index (κ1) is 15.5. The summed E-state index contributed by atoms with van der Waals surface area (Å²) in [5.74, 6) is -0.213. The van der Waals surface area contributed by atoms with Gasteiger partial charge in [0.1, 0.15) is 0 Å². The number of anilines is 1. The van der Waals surface area contributed by atoms with Crippen molar-refractivity contribution in [1.29, 1.82) is 0 Å². The first-order valence-corrected chi connectivity index (χ1v) is 6.50. The monoisotopic (exact) mass is 282 g/mol. The quantitative estimate of drug-likeness (QED) is 0.922. The Morgan fingerprint density at radius 1 is 1.26 bits per heavy atom. The summed E-state index contributed by atoms with van der Waals surface area (Å²) in [7, 11) is 0. The Labute approximate surface area is 118 Å². The van der Waals surface area contributed by atoms with Crippen molar-refractivity contribution in [3.05, 3.63) is 28.3 Å². The Morgan fingerprint density at radius 3 is 2.37 bits per heavy atom. The van der Waals surface area contributed by atoms with Crippen molar-refractivity contribution in [2.24, 2.45) is 0 Å². The summed E-state index contributed by atoms with van der Waals surface area (Å²) in [6, 6.07) is 3.81. The molecule has 0 aliphatic carbocycles. The van der Waals surface area contributed by atoms with Gasteiger partial charge in [0.05, 0.1) is 10.7 Å². The lowest BCUT2D eigenvalue weighted by atomic mass is 10.1. The van der Waals surface area contributed by atoms with E-state index in [2.05, 4.69) is 5.32 Å². The van der Waals surface area contributed by atoms with Crippen LogP contribution < -0.4 is 10.2 Å². The predicted molar refractivity (Wildman–Crippen MR) is 77.6 cm³/mol. The lowest BCUT2D eigenvalue weighted by Gasteiger charge is -2.24. The fourth-order valence-electron chi connectivity index (χ4n) is 2.02. The highest BCUT2D eigenvalue weighted by Crippen LogP contribution is 2.30. The highest BCUT2D eigenvalue weighted by molar-refractivity contribution is 6.34. The van der Waals surface area contributed by atoms with E-state index in [1.54, 1.807) is 4.90 Å². The van der Waals surface area contributed by atoms with Crippen LogP contribution in [0.15, 0.2) is 12.1 Å². The smallest absolute Gasteiger partial charge is 0.223 e. The fraction of sp³-hybridized carbons (Fsp3) is 0.429. The van der Waals surface area contributed by atoms with Gasteiger partial charge in [-0.1, -0.05) is 17.7 Å². The number of nitrogens with one attached hydrogen (secondary N) is 1. The Morgan fingerprint density at radius 2 is 1.89 bits per heavy atom. The van der Waals surface area contributed by atoms with E-state index in [9.17, 15) is 9.59 Å². The Bertz CT molecular complexity index is 477. The van der Waals surface area contributed by atoms with E-state index in [4.69, 9.17) is 11.6 Å². The van der Waals surface area contributed by atoms with Crippen LogP contribution in [0.5, 0.6) is 0 Å². The highest BCUT2D eigenvalue weighted by Gasteiger charge is 2.17. The van der Waals surface area contributed by atoms with Gasteiger partial charge in [0.2, 0.25) is 11.8 Å². The van der Waals surface area contributed by atoms with Gasteiger partial charge >= 0.3 is 0 Å². The molecule has 0 aliphatic heterocycles. The van der Waals surface area contributed by atoms with Crippen molar-refractivity contribution in [2.45, 2.75) is 27.7 Å². The number of hydrogen-bond acceptors (Lipinski definition) is 2. The number of aryl methyl sites for hydroxylation is 2. The maximum atomic E-state index is 11.8. The fourth-order valence-corrected chi connectivity index (χ4v) is 2.44. The van der Waals surface area contributed by atoms with Crippen LogP contribution in [0.25, 0.3) is 0 Å². The van der Waals surface area contributed by atoms with Gasteiger partial charge < -0.3 is 10.2 Å². The lowest BCUT2D eigenvalue weighted by molar-refractivity contribution is -0.119. The molecule has 0 bridgehead atoms. The third-order valence-electron chi connectivity index (χ3n) is 2.76. The number of halogens is 1. The molecule has 104 valence electrons. The van der Waals surface area contributed by atoms with Crippen molar-refractivity contribution in [3.8, 4) is 0 Å². The molecule has 0 spiro atoms. The predicted octanol–water partition coefficient (Wildman–Crippen LogP) is 2.45. The van der Waals surface area contributed by atoms with Gasteiger partial charge in [-0.15, -0.1) is 0 Å². The van der Waals surface area contributed by atoms with E-state index in [1.165, 1.54) is 13.8 Å². The van der Waals surface area contributed by atoms with Gasteiger partial charge in [0.25, 0.3) is 0 Å². The van der Waals surface area contributed by atoms with Crippen LogP contribution in [0, 0.1) is 13.8 Å². The van der Waals surface area contributed by atoms with E-state index < -0.39 is 0 Å². The first-order valence-electron chi connectivity index (χ1n) is 6.12. The second-order valence-electron chi connectivity index (χ2n) is 4.57. The number of benzene rings is 1. The van der Waals surface area contributed by atoms with Gasteiger partial charge in [-0.2, -0.15) is 0 Å². The van der Waals surface area contributed by atoms with Gasteiger partial charge in [-0.25, -0.2) is 0 Å². The molecular weight excluding hydrogens is 264 g/mol. The van der Waals surface area contributed by atoms with E-state index >= 15 is 0 Å². The molecule has 0 saturated heterocycles. The second-order valence-corrected chi connectivity index (χ2v) is 4.97. The summed E-state index contributed by atoms with van der Waals surface area (Å²) in [5, 5.41) is 3.23. The molecule has 0 unspecified atom stereocenters. The van der Waals surface area contributed by atoms with Crippen LogP contribution in [-0.2, 0) is 9.59 Å². The van der Waals surface area contributed by atoms with Crippen molar-refractivity contribution < 1.29 is 9.59 Å². The summed E-state index contributed by atoms with van der Waals surface area (Å²) in [5.41, 5.74) is 2.71. The largest absolute Gasteiger partial charge is 0.355 e. The summed E-state index contributed by atoms with van der Waals surface area (Å²) >= 11 is 6.23. The molecule has 0 aromatic heterocycles. The Kier molecular flexibility index (Phi) is 5.36. The normalized spacial score (nSPS) is 10.2. The molecule has 1 aromatic rings. The molecule has 0 fully saturated rings. The average Bonchev–Trinajstić information content (AvgIpc) is 2.24. The zero-order valence-corrected chi connectivity index (χ0v) is 12.5. The zero-order chi connectivity index (χ0) is 14.6. The summed E-state index contributed by atoms with van der Waals surface area (Å²) in [6.07, 6.45) is 0. The molecule has 0 atom stereocenters. The zero-order valence-electron chi connectivity index (χ0n) is 11.7. The van der Waals surface area contributed by atoms with Gasteiger partial charge in [0.15, 0.2) is 0 Å². The van der Waals surface area contributed by atoms with Crippen molar-refractivity contribution in [1.82, 2.24) is 5.32 Å². The van der Waals surface area contributed by atoms with Gasteiger partial charge in [0, 0.05) is 26.9 Å². The molecular formula is C14H19ClN2O2. The lowest BCUT2D eigenvalue weighted by Crippen LogP contribution is -2.37. The molecule has 4 nitrogen and oxygen atoms in total. The van der Waals surface area contributed by atoms with Crippen LogP contribution in [0.3, 0.4) is 0 Å². The SMILES string of the molecule is CC(=O)NCCN(C(C)=O)c1c(C)cc(C)cc1Cl. The third-order valence-corrected chi connectivity index (χ3v) is 3.05. The highest BCUT2D eigenvalue weighted by atomic mass is 35.5. The molecule has 0 heterocycles. The number of carbonyl (C=O) groups excluding carboxylic acids is 2. The minimum Gasteiger partial charge on any atom is -0.355 e. The van der Waals surface area contributed by atoms with Gasteiger partial charge in [-0.3, -0.25) is 9.59 Å². The molecule has 1 rings (SSSR count). The van der Waals surface area contributed by atoms with Crippen molar-refractivity contribution in [3.63, 3.8) is 0 Å². The van der Waals surface area contributed by atoms with E-state index in [1.807, 2.05) is 26.0 Å². The maximum Gasteiger partial charge on any atom is 0.223 e. The Balaban J connectivity index is 3.00. The topological polar surface area (TPSA) is 49.4 Å². The van der Waals surface area contributed by atoms with E-state index in [0.717, 1.165) is 11.1 Å². The minimum absolute atomic E-state index is 0.0980. The summed E-state index contributed by atoms with van der Waals surface area (Å²) in [6.45, 7) is 7.61. The number of rotatable bonds is 4. The number of amides is 2. The molecule has 5 heteroatoms. The molecule has 0 aliphatic rings. The van der Waals surface area contributed by atoms with E-state index in [0.29, 0.717) is 23.8 Å². The van der Waals surface area contributed by atoms with Crippen LogP contribution in [0.2, 0.25) is 5.02 Å². The summed E-state index contributed by atoms with van der Waals surface area (Å²) in [4.78, 5) is 24.2. The van der Waals surface area contributed by atoms with Crippen LogP contribution in [-0.4, -0.2) is 24.9 Å². The van der Waals surface area contributed by atoms with Crippen LogP contribution >= 0.6 is 11.6 Å². The van der Waals surface area contributed by atoms with Crippen molar-refractivity contribution in [2.75, 3.05) is 18.0 Å². The standard InChI is InChI=1S/C14H19ClN2O2/c1-9-7-10(2)14(13(15)8-9)17(12(4)19)6-5-16-11(3)18/h7-8H,5-6H2,1-4H3,(H,16,18). The van der Waals surface area contributed by atoms with E-state index in [-0.39, 0.29) is 11.8 Å². The number of hydrogen-bond donors (Lipinski definition) is 1. The number of nitrogens with zero attached hydrogens (tertiary/aromatic N) is 1. The second kappa shape index (κ2) is 6.57. The molecule has 0 radical (unpaired) electrons. The minimum atomic E-state index is -0.116. The molecule has 1 aromatic carbocycles. The van der Waals surface area contributed by atoms with Crippen molar-refractivity contribution >= 4 is 29.1 Å². The molecule has 0 saturated carbocycles. The molecule has 1 N–H and O–H groups in total. The number of carbonyl (C=O) groups is 2. The average molecular weight is 283 g/mol. The summed E-state index contributed by atoms with van der Waals surface area (Å²) < 4.78 is 0. The van der Waals surface area contributed by atoms with Crippen LogP contribution in [0.1, 0.15) is 25.0 Å². The third kappa shape index (κ3) is 4.24. The molecule has 2 amide bonds. The first-order chi connectivity index (χ1) is 8.82. The Hall–Kier alpha value is -1.55. The van der Waals surface area contributed by atoms with Gasteiger partial charge in [-0.05, 0) is 31.0 Å². The maximum absolute atomic E-state index is 11.8.